The van der Waals surface area contributed by atoms with Gasteiger partial charge in [-0.25, -0.2) is 4.98 Å². The molecule has 1 fully saturated rings. The summed E-state index contributed by atoms with van der Waals surface area (Å²) in [6.45, 7) is 8.72. The number of hydrogen-bond acceptors (Lipinski definition) is 5. The van der Waals surface area contributed by atoms with Gasteiger partial charge in [-0.1, -0.05) is 12.1 Å². The fourth-order valence-electron chi connectivity index (χ4n) is 4.10. The van der Waals surface area contributed by atoms with Crippen molar-refractivity contribution in [3.05, 3.63) is 59.7 Å². The van der Waals surface area contributed by atoms with Crippen LogP contribution >= 0.6 is 0 Å². The average molecular weight is 380 g/mol. The van der Waals surface area contributed by atoms with Crippen LogP contribution in [0.5, 0.6) is 5.75 Å². The Morgan fingerprint density at radius 3 is 2.64 bits per heavy atom. The topological polar surface area (TPSA) is 72.0 Å². The van der Waals surface area contributed by atoms with Crippen molar-refractivity contribution in [1.82, 2.24) is 29.2 Å². The molecule has 0 atom stereocenters. The molecule has 1 aliphatic heterocycles. The Balaban J connectivity index is 1.41. The molecule has 0 bridgehead atoms. The van der Waals surface area contributed by atoms with Crippen LogP contribution in [0.4, 0.5) is 0 Å². The van der Waals surface area contributed by atoms with Crippen molar-refractivity contribution in [2.75, 3.05) is 13.1 Å². The second-order valence-electron chi connectivity index (χ2n) is 7.54. The highest BCUT2D eigenvalue weighted by Gasteiger charge is 2.26. The summed E-state index contributed by atoms with van der Waals surface area (Å²) in [6, 6.07) is 7.55. The highest BCUT2D eigenvalue weighted by atomic mass is 16.3. The van der Waals surface area contributed by atoms with E-state index in [1.165, 1.54) is 0 Å². The zero-order valence-corrected chi connectivity index (χ0v) is 16.6. The second-order valence-corrected chi connectivity index (χ2v) is 7.54. The molecule has 7 nitrogen and oxygen atoms in total. The zero-order chi connectivity index (χ0) is 19.5. The first kappa shape index (κ1) is 18.7. The van der Waals surface area contributed by atoms with E-state index in [-0.39, 0.29) is 0 Å². The summed E-state index contributed by atoms with van der Waals surface area (Å²) in [6.07, 6.45) is 5.98. The second kappa shape index (κ2) is 8.14. The molecule has 2 aromatic heterocycles. The van der Waals surface area contributed by atoms with Crippen molar-refractivity contribution >= 4 is 0 Å². The predicted octanol–water partition coefficient (Wildman–Crippen LogP) is 2.94. The minimum absolute atomic E-state index is 0.337. The normalized spacial score (nSPS) is 15.9. The first-order chi connectivity index (χ1) is 13.6. The molecule has 0 saturated carbocycles. The SMILES string of the molecule is CCn1c(Cn2ccnc2C)nnc1C1CCN(Cc2cccc(O)c2)CC1. The van der Waals surface area contributed by atoms with Crippen molar-refractivity contribution in [2.45, 2.75) is 52.2 Å². The van der Waals surface area contributed by atoms with Gasteiger partial charge < -0.3 is 14.2 Å². The fraction of sp³-hybridized carbons (Fsp3) is 0.476. The van der Waals surface area contributed by atoms with Gasteiger partial charge in [-0.2, -0.15) is 0 Å². The lowest BCUT2D eigenvalue weighted by Crippen LogP contribution is -2.33. The van der Waals surface area contributed by atoms with Crippen molar-refractivity contribution in [1.29, 1.82) is 0 Å². The fourth-order valence-corrected chi connectivity index (χ4v) is 4.10. The monoisotopic (exact) mass is 380 g/mol. The van der Waals surface area contributed by atoms with Crippen LogP contribution < -0.4 is 0 Å². The third-order valence-corrected chi connectivity index (χ3v) is 5.68. The molecule has 0 spiro atoms. The number of aromatic nitrogens is 5. The third kappa shape index (κ3) is 3.94. The van der Waals surface area contributed by atoms with Crippen LogP contribution in [-0.2, 0) is 19.6 Å². The quantitative estimate of drug-likeness (QED) is 0.712. The van der Waals surface area contributed by atoms with Crippen LogP contribution in [0.15, 0.2) is 36.7 Å². The molecule has 7 heteroatoms. The smallest absolute Gasteiger partial charge is 0.153 e. The molecule has 3 aromatic rings. The van der Waals surface area contributed by atoms with Gasteiger partial charge >= 0.3 is 0 Å². The van der Waals surface area contributed by atoms with Gasteiger partial charge in [0.2, 0.25) is 0 Å². The van der Waals surface area contributed by atoms with Crippen molar-refractivity contribution in [2.24, 2.45) is 0 Å². The van der Waals surface area contributed by atoms with Gasteiger partial charge in [-0.3, -0.25) is 4.90 Å². The van der Waals surface area contributed by atoms with Gasteiger partial charge in [0.15, 0.2) is 5.82 Å². The molecule has 1 N–H and O–H groups in total. The summed E-state index contributed by atoms with van der Waals surface area (Å²) in [4.78, 5) is 6.75. The molecule has 148 valence electrons. The molecule has 0 unspecified atom stereocenters. The summed E-state index contributed by atoms with van der Waals surface area (Å²) in [5, 5.41) is 18.7. The maximum absolute atomic E-state index is 9.66. The van der Waals surface area contributed by atoms with E-state index < -0.39 is 0 Å². The molecule has 1 aliphatic rings. The van der Waals surface area contributed by atoms with E-state index in [9.17, 15) is 5.11 Å². The summed E-state index contributed by atoms with van der Waals surface area (Å²) in [7, 11) is 0. The maximum Gasteiger partial charge on any atom is 0.153 e. The van der Waals surface area contributed by atoms with Crippen LogP contribution in [-0.4, -0.2) is 47.4 Å². The number of rotatable bonds is 6. The van der Waals surface area contributed by atoms with E-state index in [0.29, 0.717) is 18.2 Å². The third-order valence-electron chi connectivity index (χ3n) is 5.68. The highest BCUT2D eigenvalue weighted by Crippen LogP contribution is 2.28. The molecule has 0 aliphatic carbocycles. The standard InChI is InChI=1S/C21H28N6O/c1-3-27-20(15-26-12-9-22-16(26)2)23-24-21(27)18-7-10-25(11-8-18)14-17-5-4-6-19(28)13-17/h4-6,9,12-13,18,28H,3,7-8,10-11,14-15H2,1-2H3. The lowest BCUT2D eigenvalue weighted by Gasteiger charge is -2.31. The molecule has 4 rings (SSSR count). The number of benzene rings is 1. The molecular weight excluding hydrogens is 352 g/mol. The van der Waals surface area contributed by atoms with Crippen LogP contribution in [0, 0.1) is 6.92 Å². The largest absolute Gasteiger partial charge is 0.508 e. The van der Waals surface area contributed by atoms with E-state index >= 15 is 0 Å². The van der Waals surface area contributed by atoms with E-state index in [1.54, 1.807) is 6.07 Å². The van der Waals surface area contributed by atoms with Gasteiger partial charge in [0.05, 0.1) is 6.54 Å². The Morgan fingerprint density at radius 2 is 1.96 bits per heavy atom. The molecule has 1 aromatic carbocycles. The lowest BCUT2D eigenvalue weighted by atomic mass is 9.95. The lowest BCUT2D eigenvalue weighted by molar-refractivity contribution is 0.200. The van der Waals surface area contributed by atoms with Crippen molar-refractivity contribution in [3.63, 3.8) is 0 Å². The Bertz CT molecular complexity index is 923. The number of hydrogen-bond donors (Lipinski definition) is 1. The minimum atomic E-state index is 0.337. The number of phenolic OH excluding ortho intramolecular Hbond substituents is 1. The summed E-state index contributed by atoms with van der Waals surface area (Å²) < 4.78 is 4.38. The highest BCUT2D eigenvalue weighted by molar-refractivity contribution is 5.27. The van der Waals surface area contributed by atoms with Crippen LogP contribution in [0.3, 0.4) is 0 Å². The Kier molecular flexibility index (Phi) is 5.43. The number of piperidine rings is 1. The Morgan fingerprint density at radius 1 is 1.14 bits per heavy atom. The van der Waals surface area contributed by atoms with Gasteiger partial charge in [0, 0.05) is 31.4 Å². The van der Waals surface area contributed by atoms with Crippen LogP contribution in [0.25, 0.3) is 0 Å². The van der Waals surface area contributed by atoms with Crippen molar-refractivity contribution in [3.8, 4) is 5.75 Å². The number of aryl methyl sites for hydroxylation is 1. The number of imidazole rings is 1. The van der Waals surface area contributed by atoms with E-state index in [2.05, 4.69) is 42.2 Å². The van der Waals surface area contributed by atoms with Crippen molar-refractivity contribution < 1.29 is 5.11 Å². The molecule has 28 heavy (non-hydrogen) atoms. The Labute approximate surface area is 165 Å². The molecule has 3 heterocycles. The first-order valence-corrected chi connectivity index (χ1v) is 10.0. The molecular formula is C21H28N6O. The van der Waals surface area contributed by atoms with Gasteiger partial charge in [0.25, 0.3) is 0 Å². The van der Waals surface area contributed by atoms with E-state index in [0.717, 1.165) is 62.1 Å². The molecule has 0 radical (unpaired) electrons. The summed E-state index contributed by atoms with van der Waals surface area (Å²) in [5.74, 6) is 3.90. The van der Waals surface area contributed by atoms with Gasteiger partial charge in [0.1, 0.15) is 17.4 Å². The minimum Gasteiger partial charge on any atom is -0.508 e. The molecule has 0 amide bonds. The predicted molar refractivity (Wildman–Crippen MR) is 107 cm³/mol. The number of aromatic hydroxyl groups is 1. The summed E-state index contributed by atoms with van der Waals surface area (Å²) >= 11 is 0. The Hall–Kier alpha value is -2.67. The van der Waals surface area contributed by atoms with E-state index in [1.807, 2.05) is 31.5 Å². The van der Waals surface area contributed by atoms with Crippen LogP contribution in [0.2, 0.25) is 0 Å². The zero-order valence-electron chi connectivity index (χ0n) is 16.6. The molecule has 1 saturated heterocycles. The first-order valence-electron chi connectivity index (χ1n) is 10.0. The number of likely N-dealkylation sites (tertiary alicyclic amines) is 1. The number of phenols is 1. The van der Waals surface area contributed by atoms with Crippen LogP contribution in [0.1, 0.15) is 48.7 Å². The summed E-state index contributed by atoms with van der Waals surface area (Å²) in [5.41, 5.74) is 1.16. The van der Waals surface area contributed by atoms with Gasteiger partial charge in [-0.05, 0) is 57.5 Å². The maximum atomic E-state index is 9.66. The number of nitrogens with zero attached hydrogens (tertiary/aromatic N) is 6. The average Bonchev–Trinajstić information content (AvgIpc) is 3.29. The van der Waals surface area contributed by atoms with Gasteiger partial charge in [-0.15, -0.1) is 10.2 Å². The van der Waals surface area contributed by atoms with E-state index in [4.69, 9.17) is 0 Å².